The quantitative estimate of drug-likeness (QED) is 0.752. The molecule has 0 aromatic carbocycles. The molecule has 2 saturated heterocycles. The Kier molecular flexibility index (Phi) is 4.08. The summed E-state index contributed by atoms with van der Waals surface area (Å²) in [6.45, 7) is 14.7. The molecule has 2 bridgehead atoms. The van der Waals surface area contributed by atoms with Crippen LogP contribution in [0.1, 0.15) is 54.4 Å². The van der Waals surface area contributed by atoms with Gasteiger partial charge in [-0.05, 0) is 36.5 Å². The first-order valence-corrected chi connectivity index (χ1v) is 7.67. The van der Waals surface area contributed by atoms with Gasteiger partial charge in [-0.2, -0.15) is 0 Å². The number of rotatable bonds is 4. The molecule has 0 aromatic heterocycles. The Hall–Kier alpha value is -0.0800. The molecular weight excluding hydrogens is 224 g/mol. The van der Waals surface area contributed by atoms with Crippen LogP contribution in [0.3, 0.4) is 0 Å². The first-order chi connectivity index (χ1) is 8.37. The minimum absolute atomic E-state index is 0.00598. The molecule has 5 atom stereocenters. The van der Waals surface area contributed by atoms with Gasteiger partial charge in [-0.25, -0.2) is 0 Å². The molecule has 0 amide bonds. The van der Waals surface area contributed by atoms with Crippen LogP contribution in [0.4, 0.5) is 0 Å². The molecule has 0 aliphatic carbocycles. The zero-order valence-electron chi connectivity index (χ0n) is 12.9. The lowest BCUT2D eigenvalue weighted by atomic mass is 9.73. The van der Waals surface area contributed by atoms with Crippen molar-refractivity contribution in [3.05, 3.63) is 0 Å². The molecule has 2 aliphatic rings. The third kappa shape index (κ3) is 2.34. The van der Waals surface area contributed by atoms with Gasteiger partial charge in [0.2, 0.25) is 0 Å². The first-order valence-electron chi connectivity index (χ1n) is 7.67. The topological polar surface area (TPSA) is 18.5 Å². The smallest absolute Gasteiger partial charge is 0.161 e. The van der Waals surface area contributed by atoms with Crippen molar-refractivity contribution < 1.29 is 9.47 Å². The van der Waals surface area contributed by atoms with Crippen LogP contribution in [0.5, 0.6) is 0 Å². The van der Waals surface area contributed by atoms with Crippen LogP contribution in [0.2, 0.25) is 0 Å². The Morgan fingerprint density at radius 3 is 2.22 bits per heavy atom. The Morgan fingerprint density at radius 1 is 1.00 bits per heavy atom. The maximum atomic E-state index is 6.37. The van der Waals surface area contributed by atoms with Gasteiger partial charge in [0.05, 0.1) is 12.2 Å². The summed E-state index contributed by atoms with van der Waals surface area (Å²) >= 11 is 0. The highest BCUT2D eigenvalue weighted by atomic mass is 16.7. The summed E-state index contributed by atoms with van der Waals surface area (Å²) < 4.78 is 12.4. The fourth-order valence-electron chi connectivity index (χ4n) is 3.49. The number of hydrogen-bond donors (Lipinski definition) is 0. The number of hydrogen-bond acceptors (Lipinski definition) is 2. The lowest BCUT2D eigenvalue weighted by Crippen LogP contribution is -2.47. The van der Waals surface area contributed by atoms with E-state index < -0.39 is 0 Å². The van der Waals surface area contributed by atoms with Crippen LogP contribution in [-0.2, 0) is 9.47 Å². The molecule has 106 valence electrons. The molecule has 0 N–H and O–H groups in total. The molecule has 0 aromatic rings. The maximum absolute atomic E-state index is 6.37. The van der Waals surface area contributed by atoms with Gasteiger partial charge in [-0.3, -0.25) is 0 Å². The van der Waals surface area contributed by atoms with Gasteiger partial charge in [-0.1, -0.05) is 41.5 Å². The van der Waals surface area contributed by atoms with Gasteiger partial charge in [0, 0.05) is 5.92 Å². The molecule has 18 heavy (non-hydrogen) atoms. The lowest BCUT2D eigenvalue weighted by molar-refractivity contribution is -0.184. The predicted molar refractivity (Wildman–Crippen MR) is 74.3 cm³/mol. The van der Waals surface area contributed by atoms with E-state index in [1.165, 1.54) is 12.8 Å². The van der Waals surface area contributed by atoms with Gasteiger partial charge < -0.3 is 9.47 Å². The van der Waals surface area contributed by atoms with Crippen molar-refractivity contribution in [2.75, 3.05) is 6.61 Å². The average molecular weight is 254 g/mol. The van der Waals surface area contributed by atoms with Crippen molar-refractivity contribution >= 4 is 0 Å². The Labute approximate surface area is 112 Å². The zero-order valence-corrected chi connectivity index (χ0v) is 12.9. The molecule has 0 spiro atoms. The van der Waals surface area contributed by atoms with E-state index in [4.69, 9.17) is 9.47 Å². The SMILES string of the molecule is CC(C)C(C)C1CCC2(C(C)C(C)C)COC1O2. The van der Waals surface area contributed by atoms with E-state index in [1.54, 1.807) is 0 Å². The van der Waals surface area contributed by atoms with Crippen LogP contribution in [0.15, 0.2) is 0 Å². The lowest BCUT2D eigenvalue weighted by Gasteiger charge is -2.43. The molecular formula is C16H30O2. The van der Waals surface area contributed by atoms with Crippen LogP contribution in [0, 0.1) is 29.6 Å². The summed E-state index contributed by atoms with van der Waals surface area (Å²) in [6.07, 6.45) is 2.49. The van der Waals surface area contributed by atoms with Crippen molar-refractivity contribution in [1.29, 1.82) is 0 Å². The largest absolute Gasteiger partial charge is 0.349 e. The Morgan fingerprint density at radius 2 is 1.67 bits per heavy atom. The van der Waals surface area contributed by atoms with Gasteiger partial charge in [-0.15, -0.1) is 0 Å². The van der Waals surface area contributed by atoms with Crippen LogP contribution < -0.4 is 0 Å². The maximum Gasteiger partial charge on any atom is 0.161 e. The van der Waals surface area contributed by atoms with Gasteiger partial charge >= 0.3 is 0 Å². The van der Waals surface area contributed by atoms with Gasteiger partial charge in [0.1, 0.15) is 0 Å². The third-order valence-electron chi connectivity index (χ3n) is 5.65. The highest BCUT2D eigenvalue weighted by Crippen LogP contribution is 2.48. The molecule has 2 fully saturated rings. The summed E-state index contributed by atoms with van der Waals surface area (Å²) in [5, 5.41) is 0. The molecule has 2 aliphatic heterocycles. The second kappa shape index (κ2) is 5.13. The van der Waals surface area contributed by atoms with Crippen molar-refractivity contribution in [1.82, 2.24) is 0 Å². The van der Waals surface area contributed by atoms with Crippen LogP contribution >= 0.6 is 0 Å². The van der Waals surface area contributed by atoms with Crippen LogP contribution in [0.25, 0.3) is 0 Å². The van der Waals surface area contributed by atoms with E-state index in [-0.39, 0.29) is 11.9 Å². The third-order valence-corrected chi connectivity index (χ3v) is 5.65. The monoisotopic (exact) mass is 254 g/mol. The number of fused-ring (bicyclic) bond motifs is 2. The van der Waals surface area contributed by atoms with Crippen LogP contribution in [-0.4, -0.2) is 18.5 Å². The average Bonchev–Trinajstić information content (AvgIpc) is 2.66. The van der Waals surface area contributed by atoms with E-state index >= 15 is 0 Å². The molecule has 2 rings (SSSR count). The fourth-order valence-corrected chi connectivity index (χ4v) is 3.49. The minimum Gasteiger partial charge on any atom is -0.349 e. The van der Waals surface area contributed by atoms with E-state index in [9.17, 15) is 0 Å². The van der Waals surface area contributed by atoms with E-state index in [0.29, 0.717) is 29.6 Å². The molecule has 2 heterocycles. The first kappa shape index (κ1) is 14.3. The van der Waals surface area contributed by atoms with Crippen molar-refractivity contribution in [2.24, 2.45) is 29.6 Å². The van der Waals surface area contributed by atoms with Crippen molar-refractivity contribution in [2.45, 2.75) is 66.3 Å². The van der Waals surface area contributed by atoms with E-state index in [0.717, 1.165) is 6.61 Å². The summed E-state index contributed by atoms with van der Waals surface area (Å²) in [4.78, 5) is 0. The number of ether oxygens (including phenoxy) is 2. The zero-order chi connectivity index (χ0) is 13.5. The summed E-state index contributed by atoms with van der Waals surface area (Å²) in [6, 6.07) is 0. The molecule has 5 unspecified atom stereocenters. The summed E-state index contributed by atoms with van der Waals surface area (Å²) in [7, 11) is 0. The molecule has 0 saturated carbocycles. The second-order valence-corrected chi connectivity index (χ2v) is 7.20. The molecule has 2 nitrogen and oxygen atoms in total. The highest BCUT2D eigenvalue weighted by Gasteiger charge is 2.53. The van der Waals surface area contributed by atoms with E-state index in [1.807, 2.05) is 0 Å². The minimum atomic E-state index is 0.00598. The molecule has 0 radical (unpaired) electrons. The normalized spacial score (nSPS) is 39.3. The fraction of sp³-hybridized carbons (Fsp3) is 1.00. The second-order valence-electron chi connectivity index (χ2n) is 7.20. The van der Waals surface area contributed by atoms with E-state index in [2.05, 4.69) is 41.5 Å². The Balaban J connectivity index is 2.06. The Bertz CT molecular complexity index is 287. The van der Waals surface area contributed by atoms with Crippen molar-refractivity contribution in [3.63, 3.8) is 0 Å². The highest BCUT2D eigenvalue weighted by molar-refractivity contribution is 4.97. The predicted octanol–water partition coefficient (Wildman–Crippen LogP) is 4.09. The van der Waals surface area contributed by atoms with Gasteiger partial charge in [0.25, 0.3) is 0 Å². The summed E-state index contributed by atoms with van der Waals surface area (Å²) in [5.74, 6) is 3.21. The molecule has 2 heteroatoms. The van der Waals surface area contributed by atoms with Crippen molar-refractivity contribution in [3.8, 4) is 0 Å². The van der Waals surface area contributed by atoms with Gasteiger partial charge in [0.15, 0.2) is 6.29 Å². The standard InChI is InChI=1S/C16H30O2/c1-10(2)12(5)14-7-8-16(13(6)11(3)4)9-17-15(14)18-16/h10-15H,7-9H2,1-6H3. The summed E-state index contributed by atoms with van der Waals surface area (Å²) in [5.41, 5.74) is 0.00598.